The topological polar surface area (TPSA) is 120 Å². The molecule has 5 rings (SSSR count). The molecule has 2 aromatic heterocycles. The minimum absolute atomic E-state index is 0.0187. The number of rotatable bonds is 11. The van der Waals surface area contributed by atoms with E-state index in [-0.39, 0.29) is 25.3 Å². The van der Waals surface area contributed by atoms with Crippen LogP contribution in [0.5, 0.6) is 17.2 Å². The van der Waals surface area contributed by atoms with E-state index in [4.69, 9.17) is 24.0 Å². The molecular weight excluding hydrogens is 550 g/mol. The summed E-state index contributed by atoms with van der Waals surface area (Å²) in [5.41, 5.74) is 1.09. The van der Waals surface area contributed by atoms with Crippen molar-refractivity contribution in [1.29, 1.82) is 0 Å². The Labute approximate surface area is 251 Å². The Morgan fingerprint density at radius 1 is 1.05 bits per heavy atom. The molecule has 0 saturated carbocycles. The first-order valence-corrected chi connectivity index (χ1v) is 14.4. The smallest absolute Gasteiger partial charge is 0.410 e. The molecule has 0 spiro atoms. The van der Waals surface area contributed by atoms with Gasteiger partial charge in [0.15, 0.2) is 11.5 Å². The Morgan fingerprint density at radius 3 is 2.51 bits per heavy atom. The third kappa shape index (κ3) is 7.86. The predicted octanol–water partition coefficient (Wildman–Crippen LogP) is 4.73. The van der Waals surface area contributed by atoms with Crippen LogP contribution in [0.4, 0.5) is 10.6 Å². The van der Waals surface area contributed by atoms with E-state index in [0.29, 0.717) is 48.0 Å². The Bertz CT molecular complexity index is 1500. The molecule has 1 unspecified atom stereocenters. The lowest BCUT2D eigenvalue weighted by atomic mass is 10.2. The fourth-order valence-electron chi connectivity index (χ4n) is 4.81. The largest absolute Gasteiger partial charge is 0.497 e. The molecular formula is C32H39N5O6. The Morgan fingerprint density at radius 2 is 1.79 bits per heavy atom. The van der Waals surface area contributed by atoms with Gasteiger partial charge in [-0.15, -0.1) is 0 Å². The summed E-state index contributed by atoms with van der Waals surface area (Å²) in [5, 5.41) is 19.7. The number of hydrogen-bond donors (Lipinski definition) is 2. The van der Waals surface area contributed by atoms with Crippen molar-refractivity contribution in [2.75, 3.05) is 38.7 Å². The zero-order chi connectivity index (χ0) is 30.4. The summed E-state index contributed by atoms with van der Waals surface area (Å²) >= 11 is 0. The molecule has 1 amide bonds. The number of anilines is 1. The molecule has 2 aromatic carbocycles. The molecule has 3 heterocycles. The lowest BCUT2D eigenvalue weighted by molar-refractivity contribution is 0.0293. The first-order chi connectivity index (χ1) is 20.7. The summed E-state index contributed by atoms with van der Waals surface area (Å²) in [7, 11) is 1.64. The van der Waals surface area contributed by atoms with Crippen molar-refractivity contribution in [2.45, 2.75) is 51.5 Å². The molecule has 11 nitrogen and oxygen atoms in total. The first kappa shape index (κ1) is 30.0. The van der Waals surface area contributed by atoms with Gasteiger partial charge in [0.25, 0.3) is 0 Å². The number of pyridine rings is 1. The predicted molar refractivity (Wildman–Crippen MR) is 163 cm³/mol. The quantitative estimate of drug-likeness (QED) is 0.256. The zero-order valence-corrected chi connectivity index (χ0v) is 25.0. The number of methoxy groups -OCH3 is 1. The summed E-state index contributed by atoms with van der Waals surface area (Å²) in [6.07, 6.45) is 1.22. The normalized spacial score (nSPS) is 15.7. The highest BCUT2D eigenvalue weighted by Crippen LogP contribution is 2.33. The van der Waals surface area contributed by atoms with Gasteiger partial charge in [0.2, 0.25) is 0 Å². The molecule has 11 heteroatoms. The van der Waals surface area contributed by atoms with E-state index in [1.54, 1.807) is 24.3 Å². The molecule has 0 radical (unpaired) electrons. The van der Waals surface area contributed by atoms with Crippen LogP contribution in [0.25, 0.3) is 11.0 Å². The van der Waals surface area contributed by atoms with Crippen molar-refractivity contribution in [3.63, 3.8) is 0 Å². The van der Waals surface area contributed by atoms with Crippen molar-refractivity contribution in [1.82, 2.24) is 19.7 Å². The van der Waals surface area contributed by atoms with E-state index in [1.807, 2.05) is 80.1 Å². The maximum atomic E-state index is 12.7. The SMILES string of the molecule is COc1ccc(Cn2nc(N[C@@H]3CCN(C(=O)OC(C)(C)C)C3)c3c(OCC(O)COc4ccccc4)ccnc32)cc1. The number of nitrogens with one attached hydrogen (secondary N) is 1. The molecule has 0 bridgehead atoms. The lowest BCUT2D eigenvalue weighted by Crippen LogP contribution is -2.36. The maximum absolute atomic E-state index is 12.7. The van der Waals surface area contributed by atoms with Crippen LogP contribution in [0.15, 0.2) is 66.9 Å². The third-order valence-electron chi connectivity index (χ3n) is 6.88. The van der Waals surface area contributed by atoms with E-state index >= 15 is 0 Å². The van der Waals surface area contributed by atoms with Crippen molar-refractivity contribution in [2.24, 2.45) is 0 Å². The number of aliphatic hydroxyl groups is 1. The Balaban J connectivity index is 1.35. The highest BCUT2D eigenvalue weighted by atomic mass is 16.6. The van der Waals surface area contributed by atoms with E-state index in [2.05, 4.69) is 10.3 Å². The standard InChI is InChI=1S/C32H39N5O6/c1-32(2,3)43-31(39)36-17-15-23(19-36)34-29-28-27(42-21-24(38)20-41-26-8-6-5-7-9-26)14-16-33-30(28)37(35-29)18-22-10-12-25(40-4)13-11-22/h5-14,16,23-24,38H,15,17-21H2,1-4H3,(H,34,35)/t23-,24?/m1/s1. The van der Waals surface area contributed by atoms with Crippen LogP contribution in [0.2, 0.25) is 0 Å². The molecule has 1 saturated heterocycles. The second-order valence-electron chi connectivity index (χ2n) is 11.5. The molecule has 0 aliphatic carbocycles. The van der Waals surface area contributed by atoms with Crippen LogP contribution >= 0.6 is 0 Å². The van der Waals surface area contributed by atoms with E-state index in [1.165, 1.54) is 0 Å². The molecule has 4 aromatic rings. The number of fused-ring (bicyclic) bond motifs is 1. The van der Waals surface area contributed by atoms with Crippen LogP contribution in [0.1, 0.15) is 32.8 Å². The molecule has 2 N–H and O–H groups in total. The van der Waals surface area contributed by atoms with Gasteiger partial charge < -0.3 is 34.3 Å². The molecule has 1 aliphatic heterocycles. The van der Waals surface area contributed by atoms with E-state index < -0.39 is 11.7 Å². The fraction of sp³-hybridized carbons (Fsp3) is 0.406. The zero-order valence-electron chi connectivity index (χ0n) is 25.0. The number of ether oxygens (including phenoxy) is 4. The van der Waals surface area contributed by atoms with Crippen LogP contribution < -0.4 is 19.5 Å². The summed E-state index contributed by atoms with van der Waals surface area (Å²) in [4.78, 5) is 19.0. The maximum Gasteiger partial charge on any atom is 0.410 e. The van der Waals surface area contributed by atoms with E-state index in [9.17, 15) is 9.90 Å². The summed E-state index contributed by atoms with van der Waals surface area (Å²) in [6.45, 7) is 7.21. The molecule has 2 atom stereocenters. The number of likely N-dealkylation sites (tertiary alicyclic amines) is 1. The first-order valence-electron chi connectivity index (χ1n) is 14.4. The van der Waals surface area contributed by atoms with Gasteiger partial charge in [-0.2, -0.15) is 5.10 Å². The average Bonchev–Trinajstić information content (AvgIpc) is 3.60. The molecule has 1 aliphatic rings. The molecule has 228 valence electrons. The van der Waals surface area contributed by atoms with Crippen LogP contribution in [0, 0.1) is 0 Å². The van der Waals surface area contributed by atoms with Gasteiger partial charge in [-0.25, -0.2) is 14.5 Å². The molecule has 43 heavy (non-hydrogen) atoms. The third-order valence-corrected chi connectivity index (χ3v) is 6.88. The number of hydrogen-bond acceptors (Lipinski definition) is 9. The van der Waals surface area contributed by atoms with Gasteiger partial charge in [0, 0.05) is 25.3 Å². The van der Waals surface area contributed by atoms with Gasteiger partial charge in [0.1, 0.15) is 47.6 Å². The van der Waals surface area contributed by atoms with E-state index in [0.717, 1.165) is 17.7 Å². The number of carbonyl (C=O) groups is 1. The number of para-hydroxylation sites is 1. The minimum atomic E-state index is -0.855. The van der Waals surface area contributed by atoms with Gasteiger partial charge in [-0.05, 0) is 63.1 Å². The van der Waals surface area contributed by atoms with Gasteiger partial charge in [-0.3, -0.25) is 0 Å². The second-order valence-corrected chi connectivity index (χ2v) is 11.5. The van der Waals surface area contributed by atoms with Crippen molar-refractivity contribution in [3.8, 4) is 17.2 Å². The summed E-state index contributed by atoms with van der Waals surface area (Å²) in [5.74, 6) is 2.58. The van der Waals surface area contributed by atoms with Crippen molar-refractivity contribution >= 4 is 22.9 Å². The van der Waals surface area contributed by atoms with Crippen LogP contribution in [-0.4, -0.2) is 82.0 Å². The fourth-order valence-corrected chi connectivity index (χ4v) is 4.81. The van der Waals surface area contributed by atoms with Gasteiger partial charge >= 0.3 is 6.09 Å². The number of aliphatic hydroxyl groups excluding tert-OH is 1. The number of benzene rings is 2. The number of carbonyl (C=O) groups excluding carboxylic acids is 1. The monoisotopic (exact) mass is 589 g/mol. The van der Waals surface area contributed by atoms with Crippen LogP contribution in [-0.2, 0) is 11.3 Å². The van der Waals surface area contributed by atoms with Crippen molar-refractivity contribution < 1.29 is 28.8 Å². The summed E-state index contributed by atoms with van der Waals surface area (Å²) < 4.78 is 24.5. The highest BCUT2D eigenvalue weighted by Gasteiger charge is 2.31. The van der Waals surface area contributed by atoms with Gasteiger partial charge in [-0.1, -0.05) is 30.3 Å². The molecule has 1 fully saturated rings. The number of amides is 1. The minimum Gasteiger partial charge on any atom is -0.497 e. The number of aromatic nitrogens is 3. The van der Waals surface area contributed by atoms with Crippen LogP contribution in [0.3, 0.4) is 0 Å². The highest BCUT2D eigenvalue weighted by molar-refractivity contribution is 5.93. The van der Waals surface area contributed by atoms with Crippen molar-refractivity contribution in [3.05, 3.63) is 72.4 Å². The van der Waals surface area contributed by atoms with Gasteiger partial charge in [0.05, 0.1) is 13.7 Å². The Kier molecular flexibility index (Phi) is 9.20. The second kappa shape index (κ2) is 13.2. The average molecular weight is 590 g/mol. The lowest BCUT2D eigenvalue weighted by Gasteiger charge is -2.24. The number of nitrogens with zero attached hydrogens (tertiary/aromatic N) is 4. The Hall–Kier alpha value is -4.51. The summed E-state index contributed by atoms with van der Waals surface area (Å²) in [6, 6.07) is 18.8.